The molecule has 0 radical (unpaired) electrons. The van der Waals surface area contributed by atoms with Crippen LogP contribution in [0.2, 0.25) is 0 Å². The van der Waals surface area contributed by atoms with Crippen molar-refractivity contribution in [3.05, 3.63) is 29.6 Å². The highest BCUT2D eigenvalue weighted by molar-refractivity contribution is 5.95. The lowest BCUT2D eigenvalue weighted by Gasteiger charge is -2.12. The van der Waals surface area contributed by atoms with Gasteiger partial charge in [0.15, 0.2) is 5.84 Å². The molecule has 0 spiro atoms. The van der Waals surface area contributed by atoms with Crippen molar-refractivity contribution in [1.29, 1.82) is 0 Å². The molecular formula is C12H20N4O2. The number of oxime groups is 1. The number of hydrogen-bond acceptors (Lipinski definition) is 5. The van der Waals surface area contributed by atoms with Crippen LogP contribution in [0.15, 0.2) is 23.5 Å². The van der Waals surface area contributed by atoms with Crippen LogP contribution in [0, 0.1) is 0 Å². The molecule has 1 heterocycles. The van der Waals surface area contributed by atoms with Gasteiger partial charge in [-0.2, -0.15) is 0 Å². The van der Waals surface area contributed by atoms with Gasteiger partial charge < -0.3 is 21.0 Å². The molecule has 0 saturated carbocycles. The van der Waals surface area contributed by atoms with E-state index in [2.05, 4.69) is 15.5 Å². The van der Waals surface area contributed by atoms with Crippen LogP contribution < -0.4 is 11.1 Å². The van der Waals surface area contributed by atoms with Gasteiger partial charge >= 0.3 is 0 Å². The quantitative estimate of drug-likeness (QED) is 0.287. The van der Waals surface area contributed by atoms with Crippen molar-refractivity contribution in [3.8, 4) is 0 Å². The summed E-state index contributed by atoms with van der Waals surface area (Å²) in [6.45, 7) is 6.17. The van der Waals surface area contributed by atoms with E-state index in [1.807, 2.05) is 19.9 Å². The maximum absolute atomic E-state index is 8.58. The zero-order valence-corrected chi connectivity index (χ0v) is 10.8. The standard InChI is InChI=1S/C12H20N4O2/c1-3-18-9(2)7-14-8-10-4-5-15-11(6-10)12(13)16-17/h4-6,9,14,17H,3,7-8H2,1-2H3,(H2,13,16). The Bertz CT molecular complexity index is 395. The summed E-state index contributed by atoms with van der Waals surface area (Å²) in [5.41, 5.74) is 6.97. The van der Waals surface area contributed by atoms with Gasteiger partial charge in [0, 0.05) is 25.9 Å². The molecule has 0 aromatic carbocycles. The van der Waals surface area contributed by atoms with E-state index in [0.717, 1.165) is 12.1 Å². The Balaban J connectivity index is 2.48. The Hall–Kier alpha value is -1.66. The van der Waals surface area contributed by atoms with Crippen molar-refractivity contribution in [2.45, 2.75) is 26.5 Å². The van der Waals surface area contributed by atoms with Gasteiger partial charge in [-0.25, -0.2) is 0 Å². The van der Waals surface area contributed by atoms with Gasteiger partial charge in [0.2, 0.25) is 0 Å². The Morgan fingerprint density at radius 1 is 1.67 bits per heavy atom. The number of ether oxygens (including phenoxy) is 1. The zero-order valence-electron chi connectivity index (χ0n) is 10.8. The predicted octanol–water partition coefficient (Wildman–Crippen LogP) is 0.691. The molecule has 0 fully saturated rings. The van der Waals surface area contributed by atoms with E-state index < -0.39 is 0 Å². The Morgan fingerprint density at radius 3 is 3.11 bits per heavy atom. The van der Waals surface area contributed by atoms with E-state index in [9.17, 15) is 0 Å². The SMILES string of the molecule is CCOC(C)CNCc1ccnc(/C(N)=N/O)c1. The monoisotopic (exact) mass is 252 g/mol. The summed E-state index contributed by atoms with van der Waals surface area (Å²) in [6, 6.07) is 3.67. The van der Waals surface area contributed by atoms with Crippen LogP contribution in [0.25, 0.3) is 0 Å². The van der Waals surface area contributed by atoms with Gasteiger partial charge in [0.1, 0.15) is 5.69 Å². The predicted molar refractivity (Wildman–Crippen MR) is 69.5 cm³/mol. The first-order valence-electron chi connectivity index (χ1n) is 5.92. The molecule has 0 aliphatic carbocycles. The van der Waals surface area contributed by atoms with Gasteiger partial charge in [-0.15, -0.1) is 0 Å². The zero-order chi connectivity index (χ0) is 13.4. The second-order valence-corrected chi connectivity index (χ2v) is 3.93. The Morgan fingerprint density at radius 2 is 2.44 bits per heavy atom. The summed E-state index contributed by atoms with van der Waals surface area (Å²) >= 11 is 0. The molecule has 1 atom stereocenters. The van der Waals surface area contributed by atoms with Crippen LogP contribution in [-0.2, 0) is 11.3 Å². The summed E-state index contributed by atoms with van der Waals surface area (Å²) in [5.74, 6) is 0.0135. The van der Waals surface area contributed by atoms with E-state index in [0.29, 0.717) is 18.8 Å². The summed E-state index contributed by atoms with van der Waals surface area (Å²) < 4.78 is 5.41. The lowest BCUT2D eigenvalue weighted by atomic mass is 10.2. The molecule has 6 heteroatoms. The molecule has 4 N–H and O–H groups in total. The first-order chi connectivity index (χ1) is 8.67. The van der Waals surface area contributed by atoms with Gasteiger partial charge in [-0.3, -0.25) is 4.98 Å². The molecular weight excluding hydrogens is 232 g/mol. The normalized spacial score (nSPS) is 13.6. The lowest BCUT2D eigenvalue weighted by Crippen LogP contribution is -2.26. The van der Waals surface area contributed by atoms with Crippen LogP contribution >= 0.6 is 0 Å². The van der Waals surface area contributed by atoms with Gasteiger partial charge in [0.25, 0.3) is 0 Å². The fourth-order valence-electron chi connectivity index (χ4n) is 1.54. The lowest BCUT2D eigenvalue weighted by molar-refractivity contribution is 0.0759. The minimum absolute atomic E-state index is 0.0135. The summed E-state index contributed by atoms with van der Waals surface area (Å²) in [7, 11) is 0. The number of nitrogens with one attached hydrogen (secondary N) is 1. The number of hydrogen-bond donors (Lipinski definition) is 3. The minimum atomic E-state index is 0.0135. The maximum atomic E-state index is 8.58. The third-order valence-corrected chi connectivity index (χ3v) is 2.41. The van der Waals surface area contributed by atoms with E-state index in [1.165, 1.54) is 0 Å². The van der Waals surface area contributed by atoms with Crippen molar-refractivity contribution in [2.24, 2.45) is 10.9 Å². The molecule has 0 amide bonds. The third kappa shape index (κ3) is 4.68. The van der Waals surface area contributed by atoms with Crippen LogP contribution in [-0.4, -0.2) is 35.3 Å². The maximum Gasteiger partial charge on any atom is 0.188 e. The van der Waals surface area contributed by atoms with E-state index in [-0.39, 0.29) is 11.9 Å². The fourth-order valence-corrected chi connectivity index (χ4v) is 1.54. The number of amidine groups is 1. The average molecular weight is 252 g/mol. The van der Waals surface area contributed by atoms with Gasteiger partial charge in [0.05, 0.1) is 6.10 Å². The van der Waals surface area contributed by atoms with E-state index >= 15 is 0 Å². The number of pyridine rings is 1. The fraction of sp³-hybridized carbons (Fsp3) is 0.500. The van der Waals surface area contributed by atoms with Crippen molar-refractivity contribution >= 4 is 5.84 Å². The highest BCUT2D eigenvalue weighted by Gasteiger charge is 2.03. The Kier molecular flexibility index (Phi) is 6.10. The van der Waals surface area contributed by atoms with E-state index in [4.69, 9.17) is 15.7 Å². The average Bonchev–Trinajstić information content (AvgIpc) is 2.38. The molecule has 1 unspecified atom stereocenters. The number of rotatable bonds is 7. The van der Waals surface area contributed by atoms with Gasteiger partial charge in [-0.1, -0.05) is 5.16 Å². The number of nitrogens with zero attached hydrogens (tertiary/aromatic N) is 2. The summed E-state index contributed by atoms with van der Waals surface area (Å²) in [5, 5.41) is 14.8. The molecule has 18 heavy (non-hydrogen) atoms. The molecule has 6 nitrogen and oxygen atoms in total. The first-order valence-corrected chi connectivity index (χ1v) is 5.92. The summed E-state index contributed by atoms with van der Waals surface area (Å²) in [4.78, 5) is 4.01. The Labute approximate surface area is 107 Å². The second-order valence-electron chi connectivity index (χ2n) is 3.93. The van der Waals surface area contributed by atoms with E-state index in [1.54, 1.807) is 12.3 Å². The molecule has 0 bridgehead atoms. The second kappa shape index (κ2) is 7.62. The first kappa shape index (κ1) is 14.4. The molecule has 1 aromatic heterocycles. The van der Waals surface area contributed by atoms with Crippen molar-refractivity contribution < 1.29 is 9.94 Å². The topological polar surface area (TPSA) is 92.8 Å². The van der Waals surface area contributed by atoms with Crippen LogP contribution in [0.4, 0.5) is 0 Å². The molecule has 0 aliphatic heterocycles. The molecule has 100 valence electrons. The van der Waals surface area contributed by atoms with Crippen LogP contribution in [0.5, 0.6) is 0 Å². The highest BCUT2D eigenvalue weighted by atomic mass is 16.5. The smallest absolute Gasteiger partial charge is 0.188 e. The molecule has 1 aromatic rings. The van der Waals surface area contributed by atoms with Gasteiger partial charge in [-0.05, 0) is 31.5 Å². The van der Waals surface area contributed by atoms with Crippen molar-refractivity contribution in [3.63, 3.8) is 0 Å². The van der Waals surface area contributed by atoms with Crippen molar-refractivity contribution in [1.82, 2.24) is 10.3 Å². The van der Waals surface area contributed by atoms with Crippen molar-refractivity contribution in [2.75, 3.05) is 13.2 Å². The number of nitrogens with two attached hydrogens (primary N) is 1. The molecule has 0 aliphatic rings. The van der Waals surface area contributed by atoms with Crippen LogP contribution in [0.3, 0.4) is 0 Å². The van der Waals surface area contributed by atoms with Crippen LogP contribution in [0.1, 0.15) is 25.1 Å². The largest absolute Gasteiger partial charge is 0.409 e. The highest BCUT2D eigenvalue weighted by Crippen LogP contribution is 2.01. The number of aromatic nitrogens is 1. The molecule has 1 rings (SSSR count). The minimum Gasteiger partial charge on any atom is -0.409 e. The summed E-state index contributed by atoms with van der Waals surface area (Å²) in [6.07, 6.45) is 1.82. The third-order valence-electron chi connectivity index (χ3n) is 2.41. The molecule has 0 saturated heterocycles.